The number of nitrogens with two attached hydrogens (primary N) is 1. The molecular weight excluding hydrogens is 488 g/mol. The van der Waals surface area contributed by atoms with Crippen LogP contribution in [0.2, 0.25) is 0 Å². The lowest BCUT2D eigenvalue weighted by Crippen LogP contribution is -2.65. The number of carbonyl (C=O) groups excluding carboxylic acids is 3. The quantitative estimate of drug-likeness (QED) is 0.138. The minimum absolute atomic E-state index is 0.0230. The molecule has 37 heavy (non-hydrogen) atoms. The molecule has 1 saturated carbocycles. The Hall–Kier alpha value is -3.97. The Bertz CT molecular complexity index is 1330. The number of aromatic hydroxyl groups is 1. The molecule has 7 N–H and O–H groups in total. The van der Waals surface area contributed by atoms with Gasteiger partial charge in [0.25, 0.3) is 5.91 Å². The van der Waals surface area contributed by atoms with E-state index >= 15 is 0 Å². The molecule has 1 fully saturated rings. The normalized spacial score (nSPS) is 27.3. The Morgan fingerprint density at radius 3 is 2.41 bits per heavy atom. The summed E-state index contributed by atoms with van der Waals surface area (Å²) in [5.41, 5.74) is 0.779. The van der Waals surface area contributed by atoms with Crippen LogP contribution < -0.4 is 11.1 Å². The number of likely N-dealkylation sites (N-methyl/N-ethyl adjacent to an activating group) is 1. The highest BCUT2D eigenvalue weighted by atomic mass is 16.6. The van der Waals surface area contributed by atoms with Gasteiger partial charge in [-0.25, -0.2) is 0 Å². The molecule has 4 rings (SSSR count). The zero-order valence-corrected chi connectivity index (χ0v) is 20.6. The summed E-state index contributed by atoms with van der Waals surface area (Å²) in [5, 5.41) is 59.1. The fourth-order valence-electron chi connectivity index (χ4n) is 5.88. The van der Waals surface area contributed by atoms with Gasteiger partial charge >= 0.3 is 5.69 Å². The predicted octanol–water partition coefficient (Wildman–Crippen LogP) is 0.693. The number of anilines is 1. The van der Waals surface area contributed by atoms with Crippen molar-refractivity contribution in [1.82, 2.24) is 4.90 Å². The maximum absolute atomic E-state index is 13.8. The first-order valence-corrected chi connectivity index (χ1v) is 11.6. The summed E-state index contributed by atoms with van der Waals surface area (Å²) in [6.45, 7) is 3.58. The number of nitrogens with zero attached hydrogens (tertiary/aromatic N) is 2. The number of ketones is 2. The van der Waals surface area contributed by atoms with Crippen molar-refractivity contribution in [3.8, 4) is 5.75 Å². The molecule has 3 unspecified atom stereocenters. The number of primary amides is 1. The number of phenols is 1. The van der Waals surface area contributed by atoms with E-state index in [0.717, 1.165) is 6.07 Å². The Morgan fingerprint density at radius 1 is 1.27 bits per heavy atom. The molecule has 0 radical (unpaired) electrons. The average molecular weight is 517 g/mol. The number of amides is 1. The number of hydrogen-bond acceptors (Lipinski definition) is 11. The highest BCUT2D eigenvalue weighted by Gasteiger charge is 2.64. The predicted molar refractivity (Wildman–Crippen MR) is 130 cm³/mol. The van der Waals surface area contributed by atoms with Crippen molar-refractivity contribution in [2.75, 3.05) is 19.4 Å². The number of benzene rings is 1. The molecule has 3 aliphatic carbocycles. The molecule has 13 nitrogen and oxygen atoms in total. The number of hydrogen-bond donors (Lipinski definition) is 6. The van der Waals surface area contributed by atoms with Gasteiger partial charge in [-0.3, -0.25) is 29.4 Å². The maximum Gasteiger partial charge on any atom is 0.313 e. The van der Waals surface area contributed by atoms with Crippen molar-refractivity contribution in [2.24, 2.45) is 17.6 Å². The van der Waals surface area contributed by atoms with Gasteiger partial charge in [0.05, 0.1) is 16.5 Å². The van der Waals surface area contributed by atoms with Crippen LogP contribution in [-0.2, 0) is 20.8 Å². The van der Waals surface area contributed by atoms with Gasteiger partial charge in [-0.1, -0.05) is 0 Å². The van der Waals surface area contributed by atoms with E-state index in [4.69, 9.17) is 5.73 Å². The first-order valence-electron chi connectivity index (χ1n) is 11.6. The van der Waals surface area contributed by atoms with Crippen molar-refractivity contribution in [3.63, 3.8) is 0 Å². The average Bonchev–Trinajstić information content (AvgIpc) is 2.77. The standard InChI is InChI=1S/C24H28N4O9/c1-8(2)26-12-7-13(28(36)37)18(29)15-10(12)5-9-6-11-17(27(3)4)20(31)16(23(25)34)22(33)24(11,35)21(32)14(9)19(15)30/h7-9,11,17,26,29-30,33,35H,5-6H2,1-4H3,(H2,25,34)/t9?,11?,17-,24?/m0/s1. The maximum atomic E-state index is 13.8. The molecule has 4 atom stereocenters. The van der Waals surface area contributed by atoms with E-state index < -0.39 is 74.4 Å². The molecule has 1 amide bonds. The summed E-state index contributed by atoms with van der Waals surface area (Å²) >= 11 is 0. The molecule has 1 aromatic rings. The van der Waals surface area contributed by atoms with Crippen molar-refractivity contribution >= 4 is 34.6 Å². The van der Waals surface area contributed by atoms with Crippen LogP contribution in [0.3, 0.4) is 0 Å². The van der Waals surface area contributed by atoms with Crippen LogP contribution in [-0.4, -0.2) is 79.5 Å². The van der Waals surface area contributed by atoms with Gasteiger partial charge in [0.1, 0.15) is 17.1 Å². The number of aliphatic hydroxyl groups is 3. The molecule has 1 aromatic carbocycles. The number of nitro benzene ring substituents is 1. The van der Waals surface area contributed by atoms with Crippen LogP contribution in [0.5, 0.6) is 5.75 Å². The van der Waals surface area contributed by atoms with Gasteiger partial charge in [-0.15, -0.1) is 0 Å². The van der Waals surface area contributed by atoms with Gasteiger partial charge in [0, 0.05) is 29.3 Å². The molecule has 3 aliphatic rings. The highest BCUT2D eigenvalue weighted by Crippen LogP contribution is 2.54. The molecule has 0 aromatic heterocycles. The van der Waals surface area contributed by atoms with E-state index in [-0.39, 0.29) is 35.7 Å². The number of phenolic OH excluding ortho intramolecular Hbond substituents is 1. The Labute approximate surface area is 211 Å². The van der Waals surface area contributed by atoms with Crippen molar-refractivity contribution in [3.05, 3.63) is 44.2 Å². The van der Waals surface area contributed by atoms with Gasteiger partial charge in [0.15, 0.2) is 11.4 Å². The SMILES string of the molecule is CC(C)Nc1cc([N+](=O)[O-])c(O)c2c1CC1CC3[C@H](N(C)C)C(=O)C(C(N)=O)=C(O)C3(O)C(=O)C1=C2O. The number of rotatable bonds is 5. The first kappa shape index (κ1) is 26.1. The summed E-state index contributed by atoms with van der Waals surface area (Å²) in [7, 11) is 3.02. The van der Waals surface area contributed by atoms with E-state index in [1.54, 1.807) is 13.8 Å². The first-order chi connectivity index (χ1) is 17.1. The monoisotopic (exact) mass is 516 g/mol. The van der Waals surface area contributed by atoms with Gasteiger partial charge in [-0.05, 0) is 52.3 Å². The van der Waals surface area contributed by atoms with E-state index in [0.29, 0.717) is 5.56 Å². The second-order valence-corrected chi connectivity index (χ2v) is 10.2. The third-order valence-electron chi connectivity index (χ3n) is 7.34. The molecule has 0 heterocycles. The summed E-state index contributed by atoms with van der Waals surface area (Å²) in [6, 6.07) is -0.230. The van der Waals surface area contributed by atoms with E-state index in [1.165, 1.54) is 19.0 Å². The van der Waals surface area contributed by atoms with Crippen LogP contribution in [0, 0.1) is 22.0 Å². The molecule has 0 bridgehead atoms. The number of nitro groups is 1. The number of fused-ring (bicyclic) bond motifs is 3. The molecule has 198 valence electrons. The van der Waals surface area contributed by atoms with Crippen LogP contribution >= 0.6 is 0 Å². The lowest BCUT2D eigenvalue weighted by molar-refractivity contribution is -0.385. The molecule has 0 spiro atoms. The van der Waals surface area contributed by atoms with E-state index in [1.807, 2.05) is 0 Å². The van der Waals surface area contributed by atoms with Crippen LogP contribution in [0.1, 0.15) is 31.4 Å². The minimum atomic E-state index is -2.78. The van der Waals surface area contributed by atoms with E-state index in [2.05, 4.69) is 5.32 Å². The minimum Gasteiger partial charge on any atom is -0.508 e. The van der Waals surface area contributed by atoms with Gasteiger partial charge < -0.3 is 31.5 Å². The fraction of sp³-hybridized carbons (Fsp3) is 0.458. The smallest absolute Gasteiger partial charge is 0.313 e. The molecule has 0 saturated heterocycles. The number of nitrogens with one attached hydrogen (secondary N) is 1. The Kier molecular flexibility index (Phi) is 6.04. The lowest BCUT2D eigenvalue weighted by Gasteiger charge is -2.50. The summed E-state index contributed by atoms with van der Waals surface area (Å²) < 4.78 is 0. The van der Waals surface area contributed by atoms with Crippen LogP contribution in [0.4, 0.5) is 11.4 Å². The van der Waals surface area contributed by atoms with Crippen molar-refractivity contribution in [2.45, 2.75) is 44.4 Å². The molecule has 0 aliphatic heterocycles. The topological polar surface area (TPSA) is 217 Å². The van der Waals surface area contributed by atoms with Gasteiger partial charge in [0.2, 0.25) is 11.5 Å². The van der Waals surface area contributed by atoms with Crippen LogP contribution in [0.15, 0.2) is 23.0 Å². The third kappa shape index (κ3) is 3.56. The zero-order valence-electron chi connectivity index (χ0n) is 20.6. The highest BCUT2D eigenvalue weighted by molar-refractivity contribution is 6.24. The molecule has 13 heteroatoms. The van der Waals surface area contributed by atoms with Crippen molar-refractivity contribution < 1.29 is 39.7 Å². The summed E-state index contributed by atoms with van der Waals surface area (Å²) in [4.78, 5) is 51.1. The van der Waals surface area contributed by atoms with Gasteiger partial charge in [-0.2, -0.15) is 0 Å². The second kappa shape index (κ2) is 8.56. The Morgan fingerprint density at radius 2 is 1.89 bits per heavy atom. The summed E-state index contributed by atoms with van der Waals surface area (Å²) in [6.07, 6.45) is -0.0558. The van der Waals surface area contributed by atoms with Crippen LogP contribution in [0.25, 0.3) is 5.76 Å². The third-order valence-corrected chi connectivity index (χ3v) is 7.34. The van der Waals surface area contributed by atoms with Crippen molar-refractivity contribution in [1.29, 1.82) is 0 Å². The number of Topliss-reactive ketones (excluding diaryl/α,β-unsaturated/α-hetero) is 2. The molecular formula is C24H28N4O9. The zero-order chi connectivity index (χ0) is 27.7. The number of aliphatic hydroxyl groups excluding tert-OH is 2. The Balaban J connectivity index is 2.01. The fourth-order valence-corrected chi connectivity index (χ4v) is 5.88. The van der Waals surface area contributed by atoms with E-state index in [9.17, 15) is 44.9 Å². The number of carbonyl (C=O) groups is 3. The largest absolute Gasteiger partial charge is 0.508 e. The summed E-state index contributed by atoms with van der Waals surface area (Å²) in [5.74, 6) is -8.20. The lowest BCUT2D eigenvalue weighted by atomic mass is 9.57. The second-order valence-electron chi connectivity index (χ2n) is 10.2.